The van der Waals surface area contributed by atoms with Crippen molar-refractivity contribution >= 4 is 11.8 Å². The summed E-state index contributed by atoms with van der Waals surface area (Å²) in [5.41, 5.74) is 0. The molecular weight excluding hydrogens is 320 g/mol. The van der Waals surface area contributed by atoms with E-state index in [9.17, 15) is 9.59 Å². The third-order valence-corrected chi connectivity index (χ3v) is 4.74. The molecule has 0 saturated carbocycles. The third kappa shape index (κ3) is 3.57. The van der Waals surface area contributed by atoms with Crippen LogP contribution in [0.2, 0.25) is 0 Å². The van der Waals surface area contributed by atoms with Gasteiger partial charge in [-0.2, -0.15) is 0 Å². The summed E-state index contributed by atoms with van der Waals surface area (Å²) < 4.78 is 3.80. The van der Waals surface area contributed by atoms with Crippen LogP contribution < -0.4 is 5.32 Å². The Labute approximate surface area is 146 Å². The van der Waals surface area contributed by atoms with Gasteiger partial charge in [-0.1, -0.05) is 0 Å². The Morgan fingerprint density at radius 1 is 1.36 bits per heavy atom. The quantitative estimate of drug-likeness (QED) is 0.837. The minimum absolute atomic E-state index is 0.0286. The lowest BCUT2D eigenvalue weighted by Crippen LogP contribution is -2.49. The standard InChI is InChI=1S/C17H24N6O2/c1-3-23-14(24)5-4-13(15(23)16-19-7-9-21(16)2)17(25)20-8-11-22-10-6-18-12-22/h6-7,9-10,12-13,15H,3-5,8,11H2,1-2H3,(H,20,25)/t13-,15-/m0/s1. The summed E-state index contributed by atoms with van der Waals surface area (Å²) in [6, 6.07) is -0.320. The fraction of sp³-hybridized carbons (Fsp3) is 0.529. The van der Waals surface area contributed by atoms with Crippen LogP contribution in [0.25, 0.3) is 0 Å². The first-order valence-corrected chi connectivity index (χ1v) is 8.62. The van der Waals surface area contributed by atoms with E-state index in [4.69, 9.17) is 0 Å². The number of amides is 2. The van der Waals surface area contributed by atoms with E-state index in [0.717, 1.165) is 5.82 Å². The molecule has 1 saturated heterocycles. The monoisotopic (exact) mass is 344 g/mol. The number of hydrogen-bond acceptors (Lipinski definition) is 4. The molecule has 2 aromatic heterocycles. The van der Waals surface area contributed by atoms with Crippen molar-refractivity contribution in [2.45, 2.75) is 32.4 Å². The molecule has 1 fully saturated rings. The summed E-state index contributed by atoms with van der Waals surface area (Å²) in [5, 5.41) is 3.00. The van der Waals surface area contributed by atoms with Gasteiger partial charge in [-0.3, -0.25) is 9.59 Å². The van der Waals surface area contributed by atoms with Gasteiger partial charge < -0.3 is 19.4 Å². The molecule has 134 valence electrons. The molecule has 3 rings (SSSR count). The Kier molecular flexibility index (Phi) is 5.16. The summed E-state index contributed by atoms with van der Waals surface area (Å²) >= 11 is 0. The highest BCUT2D eigenvalue weighted by atomic mass is 16.2. The number of imidazole rings is 2. The van der Waals surface area contributed by atoms with Gasteiger partial charge in [-0.05, 0) is 13.3 Å². The lowest BCUT2D eigenvalue weighted by Gasteiger charge is -2.39. The van der Waals surface area contributed by atoms with E-state index in [1.807, 2.05) is 35.5 Å². The van der Waals surface area contributed by atoms with Gasteiger partial charge in [0.2, 0.25) is 11.8 Å². The molecular formula is C17H24N6O2. The number of aryl methyl sites for hydroxylation is 1. The summed E-state index contributed by atoms with van der Waals surface area (Å²) in [4.78, 5) is 35.3. The normalized spacial score (nSPS) is 20.7. The number of hydrogen-bond donors (Lipinski definition) is 1. The molecule has 2 aromatic rings. The zero-order valence-corrected chi connectivity index (χ0v) is 14.6. The zero-order valence-electron chi connectivity index (χ0n) is 14.6. The number of rotatable bonds is 6. The second kappa shape index (κ2) is 7.50. The topological polar surface area (TPSA) is 85.1 Å². The van der Waals surface area contributed by atoms with Crippen molar-refractivity contribution in [2.75, 3.05) is 13.1 Å². The van der Waals surface area contributed by atoms with Crippen molar-refractivity contribution in [1.29, 1.82) is 0 Å². The van der Waals surface area contributed by atoms with Crippen LogP contribution in [-0.4, -0.2) is 48.9 Å². The number of carbonyl (C=O) groups is 2. The maximum absolute atomic E-state index is 12.8. The summed E-state index contributed by atoms with van der Waals surface area (Å²) in [6.07, 6.45) is 9.79. The molecule has 8 heteroatoms. The average molecular weight is 344 g/mol. The minimum atomic E-state index is -0.320. The predicted molar refractivity (Wildman–Crippen MR) is 91.3 cm³/mol. The number of piperidine rings is 1. The van der Waals surface area contributed by atoms with Crippen LogP contribution in [0.1, 0.15) is 31.6 Å². The van der Waals surface area contributed by atoms with Crippen molar-refractivity contribution in [3.8, 4) is 0 Å². The summed E-state index contributed by atoms with van der Waals surface area (Å²) in [7, 11) is 1.89. The molecule has 2 atom stereocenters. The summed E-state index contributed by atoms with van der Waals surface area (Å²) in [5.74, 6) is 0.517. The van der Waals surface area contributed by atoms with Crippen molar-refractivity contribution in [3.05, 3.63) is 36.9 Å². The number of carbonyl (C=O) groups excluding carboxylic acids is 2. The Hall–Kier alpha value is -2.64. The molecule has 1 aliphatic rings. The summed E-state index contributed by atoms with van der Waals surface area (Å²) in [6.45, 7) is 3.70. The Bertz CT molecular complexity index is 723. The van der Waals surface area contributed by atoms with Gasteiger partial charge in [0.05, 0.1) is 12.2 Å². The molecule has 25 heavy (non-hydrogen) atoms. The maximum atomic E-state index is 12.8. The molecule has 0 bridgehead atoms. The van der Waals surface area contributed by atoms with Crippen LogP contribution in [0.15, 0.2) is 31.1 Å². The first kappa shape index (κ1) is 17.2. The molecule has 1 N–H and O–H groups in total. The molecule has 3 heterocycles. The number of likely N-dealkylation sites (tertiary alicyclic amines) is 1. The molecule has 0 aliphatic carbocycles. The predicted octanol–water partition coefficient (Wildman–Crippen LogP) is 0.733. The van der Waals surface area contributed by atoms with Crippen LogP contribution in [0, 0.1) is 5.92 Å². The number of nitrogens with zero attached hydrogens (tertiary/aromatic N) is 5. The molecule has 2 amide bonds. The zero-order chi connectivity index (χ0) is 17.8. The fourth-order valence-electron chi connectivity index (χ4n) is 3.44. The van der Waals surface area contributed by atoms with E-state index < -0.39 is 0 Å². The maximum Gasteiger partial charge on any atom is 0.225 e. The van der Waals surface area contributed by atoms with Gasteiger partial charge in [-0.25, -0.2) is 9.97 Å². The van der Waals surface area contributed by atoms with Crippen LogP contribution in [-0.2, 0) is 23.2 Å². The van der Waals surface area contributed by atoms with E-state index in [-0.39, 0.29) is 23.8 Å². The average Bonchev–Trinajstić information content (AvgIpc) is 3.26. The van der Waals surface area contributed by atoms with E-state index in [1.54, 1.807) is 23.6 Å². The largest absolute Gasteiger partial charge is 0.354 e. The number of nitrogens with one attached hydrogen (secondary N) is 1. The highest BCUT2D eigenvalue weighted by Gasteiger charge is 2.41. The Morgan fingerprint density at radius 2 is 2.20 bits per heavy atom. The smallest absolute Gasteiger partial charge is 0.225 e. The highest BCUT2D eigenvalue weighted by Crippen LogP contribution is 2.35. The second-order valence-corrected chi connectivity index (χ2v) is 6.26. The van der Waals surface area contributed by atoms with Crippen molar-refractivity contribution < 1.29 is 9.59 Å². The first-order chi connectivity index (χ1) is 12.1. The van der Waals surface area contributed by atoms with Gasteiger partial charge in [-0.15, -0.1) is 0 Å². The molecule has 0 aromatic carbocycles. The molecule has 0 radical (unpaired) electrons. The number of aromatic nitrogens is 4. The molecule has 1 aliphatic heterocycles. The van der Waals surface area contributed by atoms with Gasteiger partial charge in [0.25, 0.3) is 0 Å². The van der Waals surface area contributed by atoms with E-state index in [1.165, 1.54) is 0 Å². The minimum Gasteiger partial charge on any atom is -0.354 e. The molecule has 0 unspecified atom stereocenters. The molecule has 0 spiro atoms. The van der Waals surface area contributed by atoms with Gasteiger partial charge >= 0.3 is 0 Å². The second-order valence-electron chi connectivity index (χ2n) is 6.26. The van der Waals surface area contributed by atoms with Crippen LogP contribution in [0.4, 0.5) is 0 Å². The molecule has 8 nitrogen and oxygen atoms in total. The SMILES string of the molecule is CCN1C(=O)CC[C@H](C(=O)NCCn2ccnc2)[C@H]1c1nccn1C. The van der Waals surface area contributed by atoms with Crippen LogP contribution in [0.3, 0.4) is 0 Å². The van der Waals surface area contributed by atoms with E-state index in [2.05, 4.69) is 15.3 Å². The lowest BCUT2D eigenvalue weighted by molar-refractivity contribution is -0.143. The van der Waals surface area contributed by atoms with Gasteiger partial charge in [0, 0.05) is 57.9 Å². The third-order valence-electron chi connectivity index (χ3n) is 4.74. The Balaban J connectivity index is 1.73. The lowest BCUT2D eigenvalue weighted by atomic mass is 9.87. The van der Waals surface area contributed by atoms with E-state index in [0.29, 0.717) is 32.5 Å². The van der Waals surface area contributed by atoms with Crippen LogP contribution in [0.5, 0.6) is 0 Å². The van der Waals surface area contributed by atoms with Gasteiger partial charge in [0.15, 0.2) is 0 Å². The van der Waals surface area contributed by atoms with Crippen LogP contribution >= 0.6 is 0 Å². The van der Waals surface area contributed by atoms with Crippen molar-refractivity contribution in [2.24, 2.45) is 13.0 Å². The van der Waals surface area contributed by atoms with Gasteiger partial charge in [0.1, 0.15) is 11.9 Å². The van der Waals surface area contributed by atoms with E-state index >= 15 is 0 Å². The fourth-order valence-corrected chi connectivity index (χ4v) is 3.44. The van der Waals surface area contributed by atoms with Crippen molar-refractivity contribution in [1.82, 2.24) is 29.3 Å². The first-order valence-electron chi connectivity index (χ1n) is 8.62. The van der Waals surface area contributed by atoms with Crippen molar-refractivity contribution in [3.63, 3.8) is 0 Å². The Morgan fingerprint density at radius 3 is 2.84 bits per heavy atom. The highest BCUT2D eigenvalue weighted by molar-refractivity contribution is 5.84.